The molecular weight excluding hydrogens is 340 g/mol. The van der Waals surface area contributed by atoms with Gasteiger partial charge in [-0.15, -0.1) is 0 Å². The van der Waals surface area contributed by atoms with Crippen molar-refractivity contribution in [2.75, 3.05) is 12.4 Å². The van der Waals surface area contributed by atoms with Crippen molar-refractivity contribution >= 4 is 35.2 Å². The molecule has 1 unspecified atom stereocenters. The lowest BCUT2D eigenvalue weighted by Gasteiger charge is -2.14. The molecule has 0 bridgehead atoms. The number of carbonyl (C=O) groups is 2. The van der Waals surface area contributed by atoms with Crippen LogP contribution < -0.4 is 16.1 Å². The third-order valence-corrected chi connectivity index (χ3v) is 3.48. The van der Waals surface area contributed by atoms with Gasteiger partial charge in [0, 0.05) is 37.4 Å². The monoisotopic (exact) mass is 362 g/mol. The Balaban J connectivity index is 3.20. The number of hydrazone groups is 1. The first-order valence-corrected chi connectivity index (χ1v) is 7.96. The van der Waals surface area contributed by atoms with E-state index in [0.29, 0.717) is 11.3 Å². The van der Waals surface area contributed by atoms with Gasteiger partial charge in [0.15, 0.2) is 5.96 Å². The van der Waals surface area contributed by atoms with Crippen LogP contribution in [-0.4, -0.2) is 35.8 Å². The fourth-order valence-electron chi connectivity index (χ4n) is 2.18. The Bertz CT molecular complexity index is 731. The summed E-state index contributed by atoms with van der Waals surface area (Å²) in [7, 11) is 1.59. The second-order valence-corrected chi connectivity index (χ2v) is 5.41. The summed E-state index contributed by atoms with van der Waals surface area (Å²) in [5, 5.41) is 28.0. The summed E-state index contributed by atoms with van der Waals surface area (Å²) in [5.74, 6) is -0.973. The van der Waals surface area contributed by atoms with Crippen molar-refractivity contribution in [3.63, 3.8) is 0 Å². The zero-order valence-electron chi connectivity index (χ0n) is 14.8. The molecule has 0 aliphatic rings. The maximum atomic E-state index is 11.4. The Labute approximate surface area is 150 Å². The van der Waals surface area contributed by atoms with Crippen LogP contribution in [0.4, 0.5) is 11.4 Å². The van der Waals surface area contributed by atoms with Crippen LogP contribution >= 0.6 is 0 Å². The average Bonchev–Trinajstić information content (AvgIpc) is 2.59. The lowest BCUT2D eigenvalue weighted by Crippen LogP contribution is -2.34. The number of hydrogen-bond acceptors (Lipinski definition) is 7. The van der Waals surface area contributed by atoms with E-state index in [1.165, 1.54) is 12.1 Å². The number of nitrogens with one attached hydrogen (secondary N) is 4. The van der Waals surface area contributed by atoms with E-state index < -0.39 is 4.92 Å². The van der Waals surface area contributed by atoms with Gasteiger partial charge in [-0.2, -0.15) is 5.10 Å². The molecule has 0 radical (unpaired) electrons. The third kappa shape index (κ3) is 5.65. The first kappa shape index (κ1) is 20.7. The van der Waals surface area contributed by atoms with Gasteiger partial charge in [-0.1, -0.05) is 19.9 Å². The standard InChI is InChI=1S/C16H22N6O4/c1-4-14(24)20-16(17)19-12-6-5-11(9-13(12)22(25)26)15(21-18-3)10(2)7-8-23/h5-6,8-10,18H,4,7H2,1-3H3,(H3,17,19,20,24)/b21-15+. The summed E-state index contributed by atoms with van der Waals surface area (Å²) >= 11 is 0. The topological polar surface area (TPSA) is 150 Å². The van der Waals surface area contributed by atoms with Crippen LogP contribution in [0.1, 0.15) is 32.3 Å². The zero-order chi connectivity index (χ0) is 19.7. The minimum absolute atomic E-state index is 0.0620. The Morgan fingerprint density at radius 3 is 2.69 bits per heavy atom. The van der Waals surface area contributed by atoms with Crippen LogP contribution in [0.3, 0.4) is 0 Å². The molecule has 1 amide bonds. The van der Waals surface area contributed by atoms with Crippen molar-refractivity contribution in [3.8, 4) is 0 Å². The second-order valence-electron chi connectivity index (χ2n) is 5.41. The average molecular weight is 362 g/mol. The summed E-state index contributed by atoms with van der Waals surface area (Å²) in [4.78, 5) is 32.9. The molecule has 1 rings (SSSR count). The summed E-state index contributed by atoms with van der Waals surface area (Å²) < 4.78 is 0. The highest BCUT2D eigenvalue weighted by molar-refractivity contribution is 6.06. The van der Waals surface area contributed by atoms with E-state index in [4.69, 9.17) is 5.41 Å². The highest BCUT2D eigenvalue weighted by Gasteiger charge is 2.20. The number of carbonyl (C=O) groups excluding carboxylic acids is 2. The molecule has 0 aliphatic heterocycles. The Morgan fingerprint density at radius 1 is 1.46 bits per heavy atom. The summed E-state index contributed by atoms with van der Waals surface area (Å²) in [6.45, 7) is 3.42. The van der Waals surface area contributed by atoms with Crippen molar-refractivity contribution in [2.45, 2.75) is 26.7 Å². The van der Waals surface area contributed by atoms with Gasteiger partial charge in [-0.25, -0.2) is 0 Å². The number of hydrogen-bond donors (Lipinski definition) is 4. The normalized spacial score (nSPS) is 12.0. The fourth-order valence-corrected chi connectivity index (χ4v) is 2.18. The molecule has 0 aromatic heterocycles. The van der Waals surface area contributed by atoms with Gasteiger partial charge in [0.2, 0.25) is 5.91 Å². The minimum atomic E-state index is -0.595. The molecule has 0 heterocycles. The molecule has 10 heteroatoms. The van der Waals surface area contributed by atoms with E-state index in [2.05, 4.69) is 21.2 Å². The van der Waals surface area contributed by atoms with Crippen molar-refractivity contribution < 1.29 is 14.5 Å². The molecule has 0 fully saturated rings. The van der Waals surface area contributed by atoms with Crippen LogP contribution in [0.25, 0.3) is 0 Å². The molecule has 1 aromatic rings. The molecule has 1 atom stereocenters. The second kappa shape index (κ2) is 9.87. The third-order valence-electron chi connectivity index (χ3n) is 3.48. The molecular formula is C16H22N6O4. The molecule has 0 saturated carbocycles. The molecule has 4 N–H and O–H groups in total. The summed E-state index contributed by atoms with van der Waals surface area (Å²) in [5.41, 5.74) is 3.40. The number of nitro groups is 1. The number of anilines is 1. The first-order chi connectivity index (χ1) is 12.3. The van der Waals surface area contributed by atoms with E-state index in [9.17, 15) is 19.7 Å². The smallest absolute Gasteiger partial charge is 0.293 e. The number of rotatable bonds is 8. The van der Waals surface area contributed by atoms with Gasteiger partial charge in [-0.3, -0.25) is 25.6 Å². The van der Waals surface area contributed by atoms with E-state index in [1.54, 1.807) is 27.0 Å². The van der Waals surface area contributed by atoms with Crippen molar-refractivity contribution in [3.05, 3.63) is 33.9 Å². The number of guanidine groups is 1. The minimum Gasteiger partial charge on any atom is -0.320 e. The van der Waals surface area contributed by atoms with Gasteiger partial charge in [0.1, 0.15) is 12.0 Å². The van der Waals surface area contributed by atoms with E-state index in [-0.39, 0.29) is 42.0 Å². The highest BCUT2D eigenvalue weighted by atomic mass is 16.6. The van der Waals surface area contributed by atoms with Crippen LogP contribution in [-0.2, 0) is 9.59 Å². The summed E-state index contributed by atoms with van der Waals surface area (Å²) in [6.07, 6.45) is 1.17. The number of aldehydes is 1. The molecule has 26 heavy (non-hydrogen) atoms. The molecule has 0 spiro atoms. The molecule has 10 nitrogen and oxygen atoms in total. The Hall–Kier alpha value is -3.30. The predicted octanol–water partition coefficient (Wildman–Crippen LogP) is 1.62. The predicted molar refractivity (Wildman–Crippen MR) is 98.3 cm³/mol. The number of nitro benzene ring substituents is 1. The summed E-state index contributed by atoms with van der Waals surface area (Å²) in [6, 6.07) is 4.34. The zero-order valence-corrected chi connectivity index (χ0v) is 14.8. The van der Waals surface area contributed by atoms with Crippen LogP contribution in [0.15, 0.2) is 23.3 Å². The largest absolute Gasteiger partial charge is 0.320 e. The lowest BCUT2D eigenvalue weighted by molar-refractivity contribution is -0.383. The Kier molecular flexibility index (Phi) is 7.87. The van der Waals surface area contributed by atoms with Gasteiger partial charge < -0.3 is 15.5 Å². The fraction of sp³-hybridized carbons (Fsp3) is 0.375. The van der Waals surface area contributed by atoms with Crippen molar-refractivity contribution in [1.82, 2.24) is 10.7 Å². The lowest BCUT2D eigenvalue weighted by atomic mass is 9.95. The van der Waals surface area contributed by atoms with Crippen LogP contribution in [0.2, 0.25) is 0 Å². The molecule has 0 aliphatic carbocycles. The van der Waals surface area contributed by atoms with Crippen molar-refractivity contribution in [2.24, 2.45) is 11.0 Å². The maximum Gasteiger partial charge on any atom is 0.293 e. The molecule has 140 valence electrons. The SMILES string of the molecule is CCC(=O)NC(=N)Nc1ccc(/C(=N/NC)C(C)CC=O)cc1[N+](=O)[O-]. The van der Waals surface area contributed by atoms with Gasteiger partial charge >= 0.3 is 0 Å². The molecule has 0 saturated heterocycles. The van der Waals surface area contributed by atoms with E-state index in [0.717, 1.165) is 6.29 Å². The van der Waals surface area contributed by atoms with Crippen LogP contribution in [0.5, 0.6) is 0 Å². The number of benzene rings is 1. The van der Waals surface area contributed by atoms with Gasteiger partial charge in [0.25, 0.3) is 5.69 Å². The Morgan fingerprint density at radius 2 is 2.15 bits per heavy atom. The van der Waals surface area contributed by atoms with Gasteiger partial charge in [-0.05, 0) is 6.07 Å². The van der Waals surface area contributed by atoms with E-state index >= 15 is 0 Å². The molecule has 1 aromatic carbocycles. The van der Waals surface area contributed by atoms with Gasteiger partial charge in [0.05, 0.1) is 10.6 Å². The first-order valence-electron chi connectivity index (χ1n) is 7.96. The maximum absolute atomic E-state index is 11.4. The quantitative estimate of drug-likeness (QED) is 0.181. The highest BCUT2D eigenvalue weighted by Crippen LogP contribution is 2.27. The van der Waals surface area contributed by atoms with Crippen LogP contribution in [0, 0.1) is 21.4 Å². The van der Waals surface area contributed by atoms with Crippen molar-refractivity contribution in [1.29, 1.82) is 5.41 Å². The number of nitrogens with zero attached hydrogens (tertiary/aromatic N) is 2. The van der Waals surface area contributed by atoms with E-state index in [1.807, 2.05) is 0 Å². The number of amides is 1.